The largest absolute Gasteiger partial charge is 0.481 e. The van der Waals surface area contributed by atoms with Gasteiger partial charge in [0, 0.05) is 12.8 Å². The van der Waals surface area contributed by atoms with Crippen molar-refractivity contribution in [3.63, 3.8) is 0 Å². The molecule has 0 aromatic heterocycles. The fraction of sp³-hybridized carbons (Fsp3) is 0.818. The Kier molecular flexibility index (Phi) is 10.3. The van der Waals surface area contributed by atoms with Gasteiger partial charge in [0.1, 0.15) is 0 Å². The maximum atomic E-state index is 10.2. The first-order valence-corrected chi connectivity index (χ1v) is 6.79. The molecule has 0 unspecified atom stereocenters. The van der Waals surface area contributed by atoms with Crippen LogP contribution in [0.3, 0.4) is 0 Å². The minimum Gasteiger partial charge on any atom is -0.481 e. The van der Waals surface area contributed by atoms with E-state index in [4.69, 9.17) is 10.2 Å². The van der Waals surface area contributed by atoms with Crippen molar-refractivity contribution in [2.45, 2.75) is 44.9 Å². The normalized spacial score (nSPS) is 10.2. The zero-order chi connectivity index (χ0) is 12.2. The quantitative estimate of drug-likeness (QED) is 0.550. The summed E-state index contributed by atoms with van der Waals surface area (Å²) in [6.45, 7) is 0. The van der Waals surface area contributed by atoms with Crippen LogP contribution in [0.2, 0.25) is 0 Å². The van der Waals surface area contributed by atoms with Crippen molar-refractivity contribution in [3.05, 3.63) is 0 Å². The SMILES string of the molecule is O=C(O)CCCCCSCCCCC(=O)O. The van der Waals surface area contributed by atoms with E-state index in [-0.39, 0.29) is 12.8 Å². The van der Waals surface area contributed by atoms with Gasteiger partial charge < -0.3 is 10.2 Å². The fourth-order valence-electron chi connectivity index (χ4n) is 1.24. The van der Waals surface area contributed by atoms with Crippen LogP contribution >= 0.6 is 11.8 Å². The van der Waals surface area contributed by atoms with E-state index in [0.717, 1.165) is 43.6 Å². The average molecular weight is 248 g/mol. The maximum Gasteiger partial charge on any atom is 0.303 e. The molecule has 0 saturated heterocycles. The third-order valence-corrected chi connectivity index (χ3v) is 3.26. The van der Waals surface area contributed by atoms with Crippen LogP contribution in [-0.2, 0) is 9.59 Å². The van der Waals surface area contributed by atoms with E-state index in [1.807, 2.05) is 11.8 Å². The zero-order valence-electron chi connectivity index (χ0n) is 9.48. The first-order chi connectivity index (χ1) is 7.63. The molecule has 0 saturated carbocycles. The van der Waals surface area contributed by atoms with Crippen LogP contribution in [0.4, 0.5) is 0 Å². The molecular weight excluding hydrogens is 228 g/mol. The summed E-state index contributed by atoms with van der Waals surface area (Å²) in [6.07, 6.45) is 5.01. The molecule has 4 nitrogen and oxygen atoms in total. The first-order valence-electron chi connectivity index (χ1n) is 5.64. The van der Waals surface area contributed by atoms with Crippen molar-refractivity contribution < 1.29 is 19.8 Å². The molecule has 0 bridgehead atoms. The Bertz CT molecular complexity index is 184. The first kappa shape index (κ1) is 15.3. The highest BCUT2D eigenvalue weighted by Gasteiger charge is 1.98. The van der Waals surface area contributed by atoms with Crippen LogP contribution in [-0.4, -0.2) is 33.7 Å². The zero-order valence-corrected chi connectivity index (χ0v) is 10.3. The second-order valence-electron chi connectivity index (χ2n) is 3.67. The number of carbonyl (C=O) groups is 2. The van der Waals surface area contributed by atoms with Gasteiger partial charge in [-0.1, -0.05) is 6.42 Å². The Morgan fingerprint density at radius 2 is 1.19 bits per heavy atom. The summed E-state index contributed by atoms with van der Waals surface area (Å²) in [6, 6.07) is 0. The second-order valence-corrected chi connectivity index (χ2v) is 4.89. The van der Waals surface area contributed by atoms with Crippen LogP contribution in [0.15, 0.2) is 0 Å². The Morgan fingerprint density at radius 3 is 1.69 bits per heavy atom. The van der Waals surface area contributed by atoms with E-state index in [2.05, 4.69) is 0 Å². The third-order valence-electron chi connectivity index (χ3n) is 2.11. The van der Waals surface area contributed by atoms with Gasteiger partial charge in [-0.15, -0.1) is 0 Å². The Balaban J connectivity index is 2.98. The van der Waals surface area contributed by atoms with Gasteiger partial charge >= 0.3 is 11.9 Å². The van der Waals surface area contributed by atoms with Crippen molar-refractivity contribution in [2.24, 2.45) is 0 Å². The molecule has 0 aromatic carbocycles. The molecule has 0 heterocycles. The maximum absolute atomic E-state index is 10.2. The van der Waals surface area contributed by atoms with Crippen LogP contribution in [0.1, 0.15) is 44.9 Å². The van der Waals surface area contributed by atoms with Crippen molar-refractivity contribution in [1.29, 1.82) is 0 Å². The highest BCUT2D eigenvalue weighted by molar-refractivity contribution is 7.99. The van der Waals surface area contributed by atoms with Gasteiger partial charge in [-0.05, 0) is 37.2 Å². The average Bonchev–Trinajstić information content (AvgIpc) is 2.20. The number of unbranched alkanes of at least 4 members (excludes halogenated alkanes) is 3. The van der Waals surface area contributed by atoms with E-state index >= 15 is 0 Å². The minimum absolute atomic E-state index is 0.263. The number of hydrogen-bond acceptors (Lipinski definition) is 3. The van der Waals surface area contributed by atoms with Gasteiger partial charge in [0.2, 0.25) is 0 Å². The molecule has 0 fully saturated rings. The van der Waals surface area contributed by atoms with Crippen molar-refractivity contribution >= 4 is 23.7 Å². The fourth-order valence-corrected chi connectivity index (χ4v) is 2.26. The standard InChI is InChI=1S/C11H20O4S/c12-10(13)6-2-1-4-8-16-9-5-3-7-11(14)15/h1-9H2,(H,12,13)(H,14,15). The summed E-state index contributed by atoms with van der Waals surface area (Å²) in [5, 5.41) is 16.8. The van der Waals surface area contributed by atoms with Gasteiger partial charge in [-0.25, -0.2) is 0 Å². The number of hydrogen-bond donors (Lipinski definition) is 2. The molecule has 94 valence electrons. The summed E-state index contributed by atoms with van der Waals surface area (Å²) in [5.74, 6) is 0.610. The van der Waals surface area contributed by atoms with Gasteiger partial charge in [0.25, 0.3) is 0 Å². The van der Waals surface area contributed by atoms with Crippen LogP contribution in [0.5, 0.6) is 0 Å². The number of aliphatic carboxylic acids is 2. The summed E-state index contributed by atoms with van der Waals surface area (Å²) < 4.78 is 0. The lowest BCUT2D eigenvalue weighted by Crippen LogP contribution is -1.95. The summed E-state index contributed by atoms with van der Waals surface area (Å²) in [7, 11) is 0. The predicted octanol–water partition coefficient (Wildman–Crippen LogP) is 2.62. The molecule has 2 N–H and O–H groups in total. The lowest BCUT2D eigenvalue weighted by molar-refractivity contribution is -0.138. The molecule has 16 heavy (non-hydrogen) atoms. The summed E-state index contributed by atoms with van der Waals surface area (Å²) in [4.78, 5) is 20.4. The number of carboxylic acid groups (broad SMARTS) is 2. The lowest BCUT2D eigenvalue weighted by Gasteiger charge is -2.00. The minimum atomic E-state index is -0.723. The molecule has 0 radical (unpaired) electrons. The third kappa shape index (κ3) is 13.3. The van der Waals surface area contributed by atoms with E-state index in [0.29, 0.717) is 0 Å². The molecule has 0 atom stereocenters. The Labute approximate surface area is 100 Å². The van der Waals surface area contributed by atoms with E-state index in [1.54, 1.807) is 0 Å². The molecule has 0 aliphatic heterocycles. The highest BCUT2D eigenvalue weighted by Crippen LogP contribution is 2.10. The monoisotopic (exact) mass is 248 g/mol. The molecule has 0 aliphatic rings. The smallest absolute Gasteiger partial charge is 0.303 e. The van der Waals surface area contributed by atoms with Crippen LogP contribution in [0, 0.1) is 0 Å². The number of rotatable bonds is 11. The molecule has 0 aromatic rings. The molecule has 5 heteroatoms. The predicted molar refractivity (Wildman–Crippen MR) is 64.9 cm³/mol. The van der Waals surface area contributed by atoms with E-state index in [1.165, 1.54) is 0 Å². The Morgan fingerprint density at radius 1 is 0.750 bits per heavy atom. The summed E-state index contributed by atoms with van der Waals surface area (Å²) in [5.41, 5.74) is 0. The van der Waals surface area contributed by atoms with Gasteiger partial charge in [-0.3, -0.25) is 9.59 Å². The number of carboxylic acids is 2. The van der Waals surface area contributed by atoms with Crippen LogP contribution in [0.25, 0.3) is 0 Å². The number of thioether (sulfide) groups is 1. The van der Waals surface area contributed by atoms with Gasteiger partial charge in [0.15, 0.2) is 0 Å². The summed E-state index contributed by atoms with van der Waals surface area (Å²) >= 11 is 1.82. The van der Waals surface area contributed by atoms with Crippen LogP contribution < -0.4 is 0 Å². The van der Waals surface area contributed by atoms with Gasteiger partial charge in [-0.2, -0.15) is 11.8 Å². The lowest BCUT2D eigenvalue weighted by atomic mass is 10.2. The van der Waals surface area contributed by atoms with Crippen molar-refractivity contribution in [1.82, 2.24) is 0 Å². The van der Waals surface area contributed by atoms with E-state index in [9.17, 15) is 9.59 Å². The van der Waals surface area contributed by atoms with Crippen molar-refractivity contribution in [2.75, 3.05) is 11.5 Å². The van der Waals surface area contributed by atoms with Gasteiger partial charge in [0.05, 0.1) is 0 Å². The second kappa shape index (κ2) is 10.8. The molecule has 0 aliphatic carbocycles. The Hall–Kier alpha value is -0.710. The van der Waals surface area contributed by atoms with Crippen molar-refractivity contribution in [3.8, 4) is 0 Å². The molecule has 0 amide bonds. The molecule has 0 rings (SSSR count). The molecular formula is C11H20O4S. The van der Waals surface area contributed by atoms with E-state index < -0.39 is 11.9 Å². The highest BCUT2D eigenvalue weighted by atomic mass is 32.2. The topological polar surface area (TPSA) is 74.6 Å². The molecule has 0 spiro atoms.